The number of alkyl halides is 1. The molecule has 3 rings (SSSR count). The van der Waals surface area contributed by atoms with Crippen LogP contribution in [-0.2, 0) is 21.8 Å². The highest BCUT2D eigenvalue weighted by atomic mass is 19.1. The first-order valence-corrected chi connectivity index (χ1v) is 8.99. The lowest BCUT2D eigenvalue weighted by atomic mass is 9.68. The minimum atomic E-state index is -1.57. The summed E-state index contributed by atoms with van der Waals surface area (Å²) in [4.78, 5) is 22.3. The van der Waals surface area contributed by atoms with Crippen molar-refractivity contribution in [2.24, 2.45) is 5.92 Å². The van der Waals surface area contributed by atoms with Crippen LogP contribution in [0.25, 0.3) is 0 Å². The van der Waals surface area contributed by atoms with E-state index in [1.54, 1.807) is 12.1 Å². The van der Waals surface area contributed by atoms with Crippen LogP contribution in [0, 0.1) is 11.7 Å². The number of hydrogen-bond acceptors (Lipinski definition) is 3. The second-order valence-corrected chi connectivity index (χ2v) is 6.86. The Morgan fingerprint density at radius 1 is 1.38 bits per heavy atom. The van der Waals surface area contributed by atoms with Gasteiger partial charge in [-0.05, 0) is 57.3 Å². The average molecular weight is 368 g/mol. The van der Waals surface area contributed by atoms with Crippen molar-refractivity contribution in [2.75, 3.05) is 19.6 Å². The van der Waals surface area contributed by atoms with Gasteiger partial charge in [0.05, 0.1) is 0 Å². The van der Waals surface area contributed by atoms with Crippen LogP contribution in [0.1, 0.15) is 43.7 Å². The third-order valence-corrected chi connectivity index (χ3v) is 5.02. The van der Waals surface area contributed by atoms with Gasteiger partial charge >= 0.3 is 0 Å². The molecule has 0 spiro atoms. The molecule has 1 amide bonds. The minimum absolute atomic E-state index is 0.105. The van der Waals surface area contributed by atoms with Crippen LogP contribution in [0.4, 0.5) is 8.78 Å². The highest BCUT2D eigenvalue weighted by Gasteiger charge is 2.49. The third kappa shape index (κ3) is 4.78. The molecule has 1 heterocycles. The van der Waals surface area contributed by atoms with Crippen LogP contribution in [0.5, 0.6) is 0 Å². The largest absolute Gasteiger partial charge is 0.483 e. The molecule has 1 aromatic rings. The Balaban J connectivity index is 0.000000758. The zero-order valence-electron chi connectivity index (χ0n) is 15.0. The van der Waals surface area contributed by atoms with Gasteiger partial charge in [-0.15, -0.1) is 0 Å². The molecule has 5 nitrogen and oxygen atoms in total. The summed E-state index contributed by atoms with van der Waals surface area (Å²) in [5.74, 6) is -0.743. The monoisotopic (exact) mass is 368 g/mol. The van der Waals surface area contributed by atoms with Crippen LogP contribution >= 0.6 is 0 Å². The first-order chi connectivity index (χ1) is 12.4. The SMILES string of the molecule is CCNC(=O)C1CC(F)(c2ccc(CN3CCCC3)c(F)c2)C1.O=CO. The van der Waals surface area contributed by atoms with Crippen molar-refractivity contribution in [1.82, 2.24) is 10.2 Å². The first kappa shape index (κ1) is 20.3. The Morgan fingerprint density at radius 3 is 2.54 bits per heavy atom. The molecule has 0 aromatic heterocycles. The van der Waals surface area contributed by atoms with E-state index in [2.05, 4.69) is 10.2 Å². The Kier molecular flexibility index (Phi) is 7.08. The summed E-state index contributed by atoms with van der Waals surface area (Å²) in [6.07, 6.45) is 2.61. The fraction of sp³-hybridized carbons (Fsp3) is 0.579. The topological polar surface area (TPSA) is 69.6 Å². The van der Waals surface area contributed by atoms with Crippen molar-refractivity contribution >= 4 is 12.4 Å². The van der Waals surface area contributed by atoms with E-state index < -0.39 is 5.67 Å². The molecule has 0 radical (unpaired) electrons. The molecule has 1 saturated heterocycles. The number of carbonyl (C=O) groups is 2. The molecule has 0 atom stereocenters. The fourth-order valence-electron chi connectivity index (χ4n) is 3.60. The molecular weight excluding hydrogens is 342 g/mol. The molecule has 7 heteroatoms. The van der Waals surface area contributed by atoms with E-state index >= 15 is 0 Å². The van der Waals surface area contributed by atoms with Gasteiger partial charge in [0.15, 0.2) is 0 Å². The molecule has 144 valence electrons. The molecule has 0 bridgehead atoms. The minimum Gasteiger partial charge on any atom is -0.483 e. The number of halogens is 2. The quantitative estimate of drug-likeness (QED) is 0.784. The van der Waals surface area contributed by atoms with Gasteiger partial charge in [0.25, 0.3) is 6.47 Å². The maximum atomic E-state index is 14.8. The number of carboxylic acid groups (broad SMARTS) is 1. The fourth-order valence-corrected chi connectivity index (χ4v) is 3.60. The van der Waals surface area contributed by atoms with E-state index in [1.807, 2.05) is 6.92 Å². The molecule has 1 aromatic carbocycles. The first-order valence-electron chi connectivity index (χ1n) is 8.99. The van der Waals surface area contributed by atoms with Gasteiger partial charge in [-0.3, -0.25) is 14.5 Å². The van der Waals surface area contributed by atoms with Crippen LogP contribution in [0.3, 0.4) is 0 Å². The Labute approximate surface area is 152 Å². The molecule has 1 aliphatic carbocycles. The second kappa shape index (κ2) is 9.07. The van der Waals surface area contributed by atoms with Gasteiger partial charge in [-0.1, -0.05) is 12.1 Å². The number of nitrogens with one attached hydrogen (secondary N) is 1. The van der Waals surface area contributed by atoms with Gasteiger partial charge in [0, 0.05) is 24.6 Å². The van der Waals surface area contributed by atoms with E-state index in [1.165, 1.54) is 6.07 Å². The molecule has 2 fully saturated rings. The lowest BCUT2D eigenvalue weighted by Crippen LogP contribution is -2.45. The summed E-state index contributed by atoms with van der Waals surface area (Å²) in [6.45, 7) is 4.74. The molecular formula is C19H26F2N2O3. The van der Waals surface area contributed by atoms with E-state index in [9.17, 15) is 13.6 Å². The van der Waals surface area contributed by atoms with Crippen molar-refractivity contribution in [2.45, 2.75) is 44.8 Å². The van der Waals surface area contributed by atoms with Crippen molar-refractivity contribution in [1.29, 1.82) is 0 Å². The van der Waals surface area contributed by atoms with E-state index in [0.717, 1.165) is 25.9 Å². The second-order valence-electron chi connectivity index (χ2n) is 6.86. The average Bonchev–Trinajstić information content (AvgIpc) is 3.08. The molecule has 2 aliphatic rings. The highest BCUT2D eigenvalue weighted by Crippen LogP contribution is 2.49. The summed E-state index contributed by atoms with van der Waals surface area (Å²) in [5.41, 5.74) is -0.581. The van der Waals surface area contributed by atoms with Crippen LogP contribution in [0.2, 0.25) is 0 Å². The summed E-state index contributed by atoms with van der Waals surface area (Å²) >= 11 is 0. The highest BCUT2D eigenvalue weighted by molar-refractivity contribution is 5.80. The van der Waals surface area contributed by atoms with Crippen molar-refractivity contribution < 1.29 is 23.5 Å². The van der Waals surface area contributed by atoms with E-state index in [4.69, 9.17) is 9.90 Å². The number of likely N-dealkylation sites (tertiary alicyclic amines) is 1. The smallest absolute Gasteiger partial charge is 0.290 e. The van der Waals surface area contributed by atoms with Gasteiger partial charge < -0.3 is 10.4 Å². The van der Waals surface area contributed by atoms with Crippen LogP contribution in [0.15, 0.2) is 18.2 Å². The predicted molar refractivity (Wildman–Crippen MR) is 93.8 cm³/mol. The van der Waals surface area contributed by atoms with Gasteiger partial charge in [0.1, 0.15) is 11.5 Å². The summed E-state index contributed by atoms with van der Waals surface area (Å²) in [7, 11) is 0. The lowest BCUT2D eigenvalue weighted by molar-refractivity contribution is -0.134. The maximum Gasteiger partial charge on any atom is 0.290 e. The zero-order valence-corrected chi connectivity index (χ0v) is 15.0. The van der Waals surface area contributed by atoms with Crippen molar-refractivity contribution in [3.05, 3.63) is 35.1 Å². The van der Waals surface area contributed by atoms with Crippen molar-refractivity contribution in [3.63, 3.8) is 0 Å². The maximum absolute atomic E-state index is 14.8. The summed E-state index contributed by atoms with van der Waals surface area (Å²) in [5, 5.41) is 9.60. The molecule has 1 saturated carbocycles. The summed E-state index contributed by atoms with van der Waals surface area (Å²) in [6, 6.07) is 4.70. The van der Waals surface area contributed by atoms with Crippen LogP contribution < -0.4 is 5.32 Å². The van der Waals surface area contributed by atoms with Crippen LogP contribution in [-0.4, -0.2) is 42.0 Å². The number of rotatable bonds is 5. The van der Waals surface area contributed by atoms with Crippen molar-refractivity contribution in [3.8, 4) is 0 Å². The van der Waals surface area contributed by atoms with Gasteiger partial charge in [-0.25, -0.2) is 8.78 Å². The number of amides is 1. The lowest BCUT2D eigenvalue weighted by Gasteiger charge is -2.40. The Bertz CT molecular complexity index is 627. The standard InChI is InChI=1S/C18H24F2N2O.CH2O2/c1-2-21-17(23)14-10-18(20,11-14)15-6-5-13(16(19)9-15)12-22-7-3-4-8-22;2-1-3/h5-6,9,14H,2-4,7-8,10-12H2,1H3,(H,21,23);1H,(H,2,3). The normalized spacial score (nSPS) is 25.0. The van der Waals surface area contributed by atoms with E-state index in [0.29, 0.717) is 24.2 Å². The molecule has 0 unspecified atom stereocenters. The third-order valence-electron chi connectivity index (χ3n) is 5.02. The van der Waals surface area contributed by atoms with E-state index in [-0.39, 0.29) is 37.0 Å². The summed E-state index contributed by atoms with van der Waals surface area (Å²) < 4.78 is 29.1. The number of benzene rings is 1. The molecule has 26 heavy (non-hydrogen) atoms. The number of hydrogen-bond donors (Lipinski definition) is 2. The number of nitrogens with zero attached hydrogens (tertiary/aromatic N) is 1. The predicted octanol–water partition coefficient (Wildman–Crippen LogP) is 2.83. The zero-order chi connectivity index (χ0) is 19.2. The Morgan fingerprint density at radius 2 is 2.00 bits per heavy atom. The van der Waals surface area contributed by atoms with Gasteiger partial charge in [-0.2, -0.15) is 0 Å². The Hall–Kier alpha value is -2.02. The molecule has 1 aliphatic heterocycles. The molecule has 2 N–H and O–H groups in total. The van der Waals surface area contributed by atoms with Gasteiger partial charge in [0.2, 0.25) is 5.91 Å². The number of carbonyl (C=O) groups excluding carboxylic acids is 1.